The molecule has 1 aliphatic carbocycles. The van der Waals surface area contributed by atoms with Crippen LogP contribution in [0.4, 0.5) is 9.18 Å². The number of carbonyl (C=O) groups excluding carboxylic acids is 2. The molecule has 6 heteroatoms. The summed E-state index contributed by atoms with van der Waals surface area (Å²) in [5.74, 6) is 0.192. The fourth-order valence-corrected chi connectivity index (χ4v) is 3.36. The zero-order valence-electron chi connectivity index (χ0n) is 13.3. The van der Waals surface area contributed by atoms with E-state index >= 15 is 0 Å². The van der Waals surface area contributed by atoms with Gasteiger partial charge in [-0.05, 0) is 54.9 Å². The Hall–Kier alpha value is -2.11. The molecule has 1 aliphatic heterocycles. The summed E-state index contributed by atoms with van der Waals surface area (Å²) in [5.41, 5.74) is 7.19. The Balaban J connectivity index is 1.83. The molecule has 1 aromatic rings. The van der Waals surface area contributed by atoms with Crippen molar-refractivity contribution in [3.8, 4) is 0 Å². The minimum Gasteiger partial charge on any atom is -0.351 e. The van der Waals surface area contributed by atoms with Gasteiger partial charge in [0.1, 0.15) is 12.4 Å². The lowest BCUT2D eigenvalue weighted by Gasteiger charge is -2.31. The van der Waals surface area contributed by atoms with Crippen molar-refractivity contribution < 1.29 is 14.0 Å². The molecule has 1 atom stereocenters. The zero-order chi connectivity index (χ0) is 16.6. The van der Waals surface area contributed by atoms with Gasteiger partial charge in [-0.2, -0.15) is 0 Å². The number of aryl methyl sites for hydroxylation is 1. The Morgan fingerprint density at radius 2 is 2.04 bits per heavy atom. The minimum absolute atomic E-state index is 0.0188. The third-order valence-electron chi connectivity index (χ3n) is 4.85. The molecule has 0 unspecified atom stereocenters. The third-order valence-corrected chi connectivity index (χ3v) is 4.85. The summed E-state index contributed by atoms with van der Waals surface area (Å²) in [6.07, 6.45) is 3.88. The van der Waals surface area contributed by atoms with Crippen LogP contribution in [0.15, 0.2) is 18.2 Å². The van der Waals surface area contributed by atoms with E-state index in [-0.39, 0.29) is 24.3 Å². The van der Waals surface area contributed by atoms with Crippen molar-refractivity contribution in [1.29, 1.82) is 0 Å². The van der Waals surface area contributed by atoms with Gasteiger partial charge in [-0.25, -0.2) is 9.18 Å². The van der Waals surface area contributed by atoms with Crippen LogP contribution in [0.2, 0.25) is 0 Å². The highest BCUT2D eigenvalue weighted by atomic mass is 19.1. The Morgan fingerprint density at radius 1 is 1.30 bits per heavy atom. The summed E-state index contributed by atoms with van der Waals surface area (Å²) >= 11 is 0. The SMILES string of the molecule is CN(CC(=O)N1Cc2ccc(F)cc2CC[C@@H]1C1CC1)C(N)=O. The van der Waals surface area contributed by atoms with E-state index in [0.717, 1.165) is 36.8 Å². The maximum Gasteiger partial charge on any atom is 0.314 e. The molecule has 0 radical (unpaired) electrons. The molecule has 124 valence electrons. The van der Waals surface area contributed by atoms with Gasteiger partial charge in [0.25, 0.3) is 0 Å². The van der Waals surface area contributed by atoms with Crippen LogP contribution in [-0.4, -0.2) is 41.4 Å². The average molecular weight is 319 g/mol. The lowest BCUT2D eigenvalue weighted by atomic mass is 10.0. The fourth-order valence-electron chi connectivity index (χ4n) is 3.36. The minimum atomic E-state index is -0.612. The van der Waals surface area contributed by atoms with Gasteiger partial charge in [0.15, 0.2) is 0 Å². The molecule has 0 saturated heterocycles. The number of hydrogen-bond donors (Lipinski definition) is 1. The topological polar surface area (TPSA) is 66.6 Å². The summed E-state index contributed by atoms with van der Waals surface area (Å²) in [7, 11) is 1.52. The van der Waals surface area contributed by atoms with Gasteiger partial charge in [0, 0.05) is 19.6 Å². The van der Waals surface area contributed by atoms with Crippen molar-refractivity contribution >= 4 is 11.9 Å². The first-order chi connectivity index (χ1) is 11.0. The van der Waals surface area contributed by atoms with Gasteiger partial charge in [-0.1, -0.05) is 6.07 Å². The van der Waals surface area contributed by atoms with Crippen LogP contribution in [0.5, 0.6) is 0 Å². The number of fused-ring (bicyclic) bond motifs is 1. The molecular formula is C17H22FN3O2. The fraction of sp³-hybridized carbons (Fsp3) is 0.529. The third kappa shape index (κ3) is 3.46. The van der Waals surface area contributed by atoms with E-state index in [9.17, 15) is 14.0 Å². The van der Waals surface area contributed by atoms with E-state index < -0.39 is 6.03 Å². The monoisotopic (exact) mass is 319 g/mol. The molecule has 5 nitrogen and oxygen atoms in total. The molecule has 1 fully saturated rings. The molecule has 1 aromatic carbocycles. The number of benzene rings is 1. The Morgan fingerprint density at radius 3 is 2.70 bits per heavy atom. The van der Waals surface area contributed by atoms with Gasteiger partial charge in [-0.3, -0.25) is 4.79 Å². The molecule has 3 amide bonds. The van der Waals surface area contributed by atoms with E-state index in [1.807, 2.05) is 4.90 Å². The number of likely N-dealkylation sites (N-methyl/N-ethyl adjacent to an activating group) is 1. The molecule has 0 spiro atoms. The smallest absolute Gasteiger partial charge is 0.314 e. The molecule has 0 aromatic heterocycles. The quantitative estimate of drug-likeness (QED) is 0.924. The van der Waals surface area contributed by atoms with Crippen molar-refractivity contribution in [2.75, 3.05) is 13.6 Å². The molecule has 1 heterocycles. The summed E-state index contributed by atoms with van der Waals surface area (Å²) in [5, 5.41) is 0. The first-order valence-electron chi connectivity index (χ1n) is 8.03. The number of amides is 3. The number of carbonyl (C=O) groups is 2. The molecule has 2 aliphatic rings. The van der Waals surface area contributed by atoms with Crippen LogP contribution < -0.4 is 5.73 Å². The van der Waals surface area contributed by atoms with Crippen molar-refractivity contribution in [1.82, 2.24) is 9.80 Å². The zero-order valence-corrected chi connectivity index (χ0v) is 13.3. The van der Waals surface area contributed by atoms with E-state index in [1.54, 1.807) is 12.1 Å². The number of nitrogens with zero attached hydrogens (tertiary/aromatic N) is 2. The molecular weight excluding hydrogens is 297 g/mol. The highest BCUT2D eigenvalue weighted by Crippen LogP contribution is 2.39. The van der Waals surface area contributed by atoms with E-state index in [4.69, 9.17) is 5.73 Å². The Labute approximate surface area is 135 Å². The Bertz CT molecular complexity index is 630. The summed E-state index contributed by atoms with van der Waals surface area (Å²) in [6, 6.07) is 4.33. The van der Waals surface area contributed by atoms with Gasteiger partial charge in [0.05, 0.1) is 0 Å². The highest BCUT2D eigenvalue weighted by Gasteiger charge is 2.38. The lowest BCUT2D eigenvalue weighted by Crippen LogP contribution is -2.47. The number of hydrogen-bond acceptors (Lipinski definition) is 2. The van der Waals surface area contributed by atoms with Crippen LogP contribution in [-0.2, 0) is 17.8 Å². The van der Waals surface area contributed by atoms with Gasteiger partial charge in [0.2, 0.25) is 5.91 Å². The van der Waals surface area contributed by atoms with E-state index in [0.29, 0.717) is 12.5 Å². The molecule has 23 heavy (non-hydrogen) atoms. The normalized spacial score (nSPS) is 20.6. The Kier molecular flexibility index (Phi) is 4.24. The van der Waals surface area contributed by atoms with Crippen LogP contribution >= 0.6 is 0 Å². The lowest BCUT2D eigenvalue weighted by molar-refractivity contribution is -0.135. The predicted molar refractivity (Wildman–Crippen MR) is 84.0 cm³/mol. The van der Waals surface area contributed by atoms with Crippen LogP contribution in [0.1, 0.15) is 30.4 Å². The standard InChI is InChI=1S/C17H22FN3O2/c1-20(17(19)23)10-16(22)21-9-13-4-6-14(18)8-12(13)5-7-15(21)11-2-3-11/h4,6,8,11,15H,2-3,5,7,9-10H2,1H3,(H2,19,23)/t15-/m1/s1. The summed E-state index contributed by atoms with van der Waals surface area (Å²) in [4.78, 5) is 27.0. The number of urea groups is 1. The number of nitrogens with two attached hydrogens (primary N) is 1. The predicted octanol–water partition coefficient (Wildman–Crippen LogP) is 1.89. The second kappa shape index (κ2) is 6.18. The van der Waals surface area contributed by atoms with Gasteiger partial charge < -0.3 is 15.5 Å². The molecule has 0 bridgehead atoms. The first-order valence-corrected chi connectivity index (χ1v) is 8.03. The van der Waals surface area contributed by atoms with Crippen molar-refractivity contribution in [3.05, 3.63) is 35.1 Å². The second-order valence-corrected chi connectivity index (χ2v) is 6.57. The highest BCUT2D eigenvalue weighted by molar-refractivity contribution is 5.83. The maximum absolute atomic E-state index is 13.5. The molecule has 1 saturated carbocycles. The van der Waals surface area contributed by atoms with Crippen molar-refractivity contribution in [2.45, 2.75) is 38.3 Å². The second-order valence-electron chi connectivity index (χ2n) is 6.57. The number of rotatable bonds is 3. The van der Waals surface area contributed by atoms with Gasteiger partial charge >= 0.3 is 6.03 Å². The van der Waals surface area contributed by atoms with E-state index in [2.05, 4.69) is 0 Å². The summed E-state index contributed by atoms with van der Waals surface area (Å²) in [6.45, 7) is 0.456. The van der Waals surface area contributed by atoms with Crippen LogP contribution in [0.3, 0.4) is 0 Å². The van der Waals surface area contributed by atoms with Crippen LogP contribution in [0.25, 0.3) is 0 Å². The van der Waals surface area contributed by atoms with Crippen molar-refractivity contribution in [3.63, 3.8) is 0 Å². The van der Waals surface area contributed by atoms with Gasteiger partial charge in [-0.15, -0.1) is 0 Å². The van der Waals surface area contributed by atoms with Crippen LogP contribution in [0, 0.1) is 11.7 Å². The molecule has 3 rings (SSSR count). The van der Waals surface area contributed by atoms with Crippen molar-refractivity contribution in [2.24, 2.45) is 11.7 Å². The average Bonchev–Trinajstić information content (AvgIpc) is 3.32. The summed E-state index contributed by atoms with van der Waals surface area (Å²) < 4.78 is 13.5. The number of halogens is 1. The largest absolute Gasteiger partial charge is 0.351 e. The van der Waals surface area contributed by atoms with E-state index in [1.165, 1.54) is 18.0 Å². The molecule has 2 N–H and O–H groups in total. The number of primary amides is 1. The first kappa shape index (κ1) is 15.8. The maximum atomic E-state index is 13.5.